The number of hydrogen-bond donors (Lipinski definition) is 1. The molecule has 11 heteroatoms. The van der Waals surface area contributed by atoms with Crippen LogP contribution in [0.4, 0.5) is 14.5 Å². The Morgan fingerprint density at radius 3 is 2.55 bits per heavy atom. The molecule has 1 saturated heterocycles. The molecule has 2 aromatic carbocycles. The Morgan fingerprint density at radius 2 is 1.84 bits per heavy atom. The highest BCUT2D eigenvalue weighted by molar-refractivity contribution is 7.89. The summed E-state index contributed by atoms with van der Waals surface area (Å²) in [5, 5.41) is 2.35. The van der Waals surface area contributed by atoms with E-state index in [-0.39, 0.29) is 28.4 Å². The maximum absolute atomic E-state index is 13.7. The average Bonchev–Trinajstić information content (AvgIpc) is 3.36. The van der Waals surface area contributed by atoms with Crippen LogP contribution in [0.25, 0.3) is 10.2 Å². The lowest BCUT2D eigenvalue weighted by atomic mass is 10.2. The van der Waals surface area contributed by atoms with Gasteiger partial charge in [0.1, 0.15) is 11.6 Å². The van der Waals surface area contributed by atoms with Crippen molar-refractivity contribution in [1.82, 2.24) is 8.87 Å². The number of aryl methyl sites for hydroxylation is 1. The van der Waals surface area contributed by atoms with Crippen molar-refractivity contribution in [3.63, 3.8) is 0 Å². The summed E-state index contributed by atoms with van der Waals surface area (Å²) in [7, 11) is -3.60. The fraction of sp³-hybridized carbons (Fsp3) is 0.300. The van der Waals surface area contributed by atoms with Crippen molar-refractivity contribution in [2.24, 2.45) is 0 Å². The minimum absolute atomic E-state index is 0.0334. The van der Waals surface area contributed by atoms with E-state index in [9.17, 15) is 26.8 Å². The van der Waals surface area contributed by atoms with Crippen LogP contribution in [-0.4, -0.2) is 36.3 Å². The number of aromatic nitrogens is 1. The monoisotopic (exact) mass is 467 g/mol. The van der Waals surface area contributed by atoms with Crippen molar-refractivity contribution in [2.45, 2.75) is 30.7 Å². The number of thiazole rings is 1. The van der Waals surface area contributed by atoms with E-state index in [0.29, 0.717) is 29.4 Å². The maximum Gasteiger partial charge on any atom is 0.308 e. The number of sulfonamides is 1. The highest BCUT2D eigenvalue weighted by Crippen LogP contribution is 2.26. The van der Waals surface area contributed by atoms with E-state index < -0.39 is 27.6 Å². The number of carbonyl (C=O) groups is 1. The zero-order chi connectivity index (χ0) is 22.2. The third kappa shape index (κ3) is 4.39. The largest absolute Gasteiger partial charge is 0.324 e. The van der Waals surface area contributed by atoms with Gasteiger partial charge in [-0.15, -0.1) is 0 Å². The van der Waals surface area contributed by atoms with Gasteiger partial charge in [-0.1, -0.05) is 11.3 Å². The normalized spacial score (nSPS) is 14.9. The number of carbonyl (C=O) groups excluding carboxylic acids is 1. The summed E-state index contributed by atoms with van der Waals surface area (Å²) in [6.07, 6.45) is 1.54. The fourth-order valence-corrected chi connectivity index (χ4v) is 6.09. The van der Waals surface area contributed by atoms with Gasteiger partial charge in [0, 0.05) is 32.1 Å². The molecule has 31 heavy (non-hydrogen) atoms. The zero-order valence-electron chi connectivity index (χ0n) is 16.3. The summed E-state index contributed by atoms with van der Waals surface area (Å²) >= 11 is 0.902. The number of nitrogens with one attached hydrogen (secondary N) is 1. The van der Waals surface area contributed by atoms with Crippen LogP contribution in [0, 0.1) is 11.6 Å². The van der Waals surface area contributed by atoms with Crippen molar-refractivity contribution in [3.8, 4) is 0 Å². The Hall–Kier alpha value is -2.63. The SMILES string of the molecule is O=C(CCn1c(=O)sc2cc(S(=O)(=O)N3CCCC3)ccc21)Nc1ccc(F)cc1F. The molecule has 0 bridgehead atoms. The van der Waals surface area contributed by atoms with Crippen LogP contribution < -0.4 is 10.2 Å². The first-order valence-electron chi connectivity index (χ1n) is 9.64. The van der Waals surface area contributed by atoms with E-state index in [1.165, 1.54) is 21.0 Å². The number of hydrogen-bond acceptors (Lipinski definition) is 5. The average molecular weight is 468 g/mol. The molecule has 0 radical (unpaired) electrons. The Labute approximate surface area is 181 Å². The highest BCUT2D eigenvalue weighted by Gasteiger charge is 2.27. The number of nitrogens with zero attached hydrogens (tertiary/aromatic N) is 2. The van der Waals surface area contributed by atoms with E-state index in [0.717, 1.165) is 36.3 Å². The second kappa shape index (κ2) is 8.48. The number of halogens is 2. The van der Waals surface area contributed by atoms with Crippen molar-refractivity contribution in [1.29, 1.82) is 0 Å². The second-order valence-corrected chi connectivity index (χ2v) is 10.1. The molecule has 0 aliphatic carbocycles. The molecule has 1 N–H and O–H groups in total. The van der Waals surface area contributed by atoms with Crippen LogP contribution in [0.1, 0.15) is 19.3 Å². The lowest BCUT2D eigenvalue weighted by Crippen LogP contribution is -2.27. The molecule has 7 nitrogen and oxygen atoms in total. The molecule has 1 aliphatic rings. The van der Waals surface area contributed by atoms with Gasteiger partial charge < -0.3 is 5.32 Å². The van der Waals surface area contributed by atoms with Gasteiger partial charge in [-0.3, -0.25) is 14.2 Å². The van der Waals surface area contributed by atoms with Gasteiger partial charge in [-0.25, -0.2) is 17.2 Å². The molecule has 0 saturated carbocycles. The second-order valence-electron chi connectivity index (χ2n) is 7.18. The van der Waals surface area contributed by atoms with Crippen LogP contribution in [0.5, 0.6) is 0 Å². The van der Waals surface area contributed by atoms with Gasteiger partial charge in [-0.2, -0.15) is 4.31 Å². The van der Waals surface area contributed by atoms with Crippen molar-refractivity contribution in [3.05, 3.63) is 57.7 Å². The van der Waals surface area contributed by atoms with Crippen molar-refractivity contribution >= 4 is 43.2 Å². The first kappa shape index (κ1) is 21.6. The van der Waals surface area contributed by atoms with Gasteiger partial charge in [0.2, 0.25) is 15.9 Å². The minimum atomic E-state index is -3.60. The number of benzene rings is 2. The molecular weight excluding hydrogens is 448 g/mol. The van der Waals surface area contributed by atoms with Gasteiger partial charge in [0.05, 0.1) is 20.8 Å². The van der Waals surface area contributed by atoms with Crippen molar-refractivity contribution in [2.75, 3.05) is 18.4 Å². The Balaban J connectivity index is 1.51. The summed E-state index contributed by atoms with van der Waals surface area (Å²) < 4.78 is 55.5. The predicted octanol–water partition coefficient (Wildman–Crippen LogP) is 3.15. The van der Waals surface area contributed by atoms with Gasteiger partial charge >= 0.3 is 4.87 Å². The van der Waals surface area contributed by atoms with E-state index >= 15 is 0 Å². The Bertz CT molecular complexity index is 1310. The van der Waals surface area contributed by atoms with Crippen LogP contribution in [0.2, 0.25) is 0 Å². The molecule has 2 heterocycles. The molecule has 3 aromatic rings. The Kier molecular flexibility index (Phi) is 5.91. The van der Waals surface area contributed by atoms with Crippen molar-refractivity contribution < 1.29 is 22.0 Å². The molecular formula is C20H19F2N3O4S2. The third-order valence-electron chi connectivity index (χ3n) is 5.11. The molecule has 164 valence electrons. The van der Waals surface area contributed by atoms with Gasteiger partial charge in [0.25, 0.3) is 0 Å². The number of amides is 1. The first-order chi connectivity index (χ1) is 14.8. The first-order valence-corrected chi connectivity index (χ1v) is 11.9. The summed E-state index contributed by atoms with van der Waals surface area (Å²) in [4.78, 5) is 24.4. The quantitative estimate of drug-likeness (QED) is 0.603. The highest BCUT2D eigenvalue weighted by atomic mass is 32.2. The summed E-state index contributed by atoms with van der Waals surface area (Å²) in [5.41, 5.74) is 0.377. The van der Waals surface area contributed by atoms with E-state index in [1.54, 1.807) is 6.07 Å². The molecule has 0 atom stereocenters. The molecule has 0 spiro atoms. The minimum Gasteiger partial charge on any atom is -0.324 e. The molecule has 1 aliphatic heterocycles. The molecule has 0 unspecified atom stereocenters. The lowest BCUT2D eigenvalue weighted by molar-refractivity contribution is -0.116. The standard InChI is InChI=1S/C20H19F2N3O4S2/c21-13-3-5-16(15(22)11-13)23-19(26)7-10-25-17-6-4-14(12-18(17)30-20(25)27)31(28,29)24-8-1-2-9-24/h3-6,11-12H,1-2,7-10H2,(H,23,26). The predicted molar refractivity (Wildman–Crippen MR) is 114 cm³/mol. The summed E-state index contributed by atoms with van der Waals surface area (Å²) in [5.74, 6) is -2.18. The van der Waals surface area contributed by atoms with Crippen LogP contribution >= 0.6 is 11.3 Å². The lowest BCUT2D eigenvalue weighted by Gasteiger charge is -2.15. The molecule has 1 aromatic heterocycles. The van der Waals surface area contributed by atoms with E-state index in [1.807, 2.05) is 0 Å². The van der Waals surface area contributed by atoms with E-state index in [4.69, 9.17) is 0 Å². The molecule has 1 amide bonds. The van der Waals surface area contributed by atoms with Crippen LogP contribution in [-0.2, 0) is 21.4 Å². The third-order valence-corrected chi connectivity index (χ3v) is 7.95. The topological polar surface area (TPSA) is 88.5 Å². The van der Waals surface area contributed by atoms with Gasteiger partial charge in [-0.05, 0) is 43.2 Å². The number of rotatable bonds is 6. The van der Waals surface area contributed by atoms with E-state index in [2.05, 4.69) is 5.32 Å². The van der Waals surface area contributed by atoms with Crippen LogP contribution in [0.15, 0.2) is 46.1 Å². The maximum atomic E-state index is 13.7. The summed E-state index contributed by atoms with van der Waals surface area (Å²) in [6, 6.07) is 7.33. The number of fused-ring (bicyclic) bond motifs is 1. The summed E-state index contributed by atoms with van der Waals surface area (Å²) in [6.45, 7) is 1.01. The fourth-order valence-electron chi connectivity index (χ4n) is 3.51. The smallest absolute Gasteiger partial charge is 0.308 e. The number of anilines is 1. The Morgan fingerprint density at radius 1 is 1.10 bits per heavy atom. The van der Waals surface area contributed by atoms with Gasteiger partial charge in [0.15, 0.2) is 0 Å². The molecule has 1 fully saturated rings. The molecule has 4 rings (SSSR count). The zero-order valence-corrected chi connectivity index (χ0v) is 17.9. The van der Waals surface area contributed by atoms with Crippen LogP contribution in [0.3, 0.4) is 0 Å².